The van der Waals surface area contributed by atoms with Crippen LogP contribution in [0.2, 0.25) is 0 Å². The molecule has 3 saturated carbocycles. The average molecular weight is 507 g/mol. The van der Waals surface area contributed by atoms with Crippen molar-refractivity contribution in [3.05, 3.63) is 11.6 Å². The SMILES string of the molecule is CCC[C@@H](C)[C@H]1CC[C@H]2[C@@H]3CC=C4C[C@@H](O[C@H]5O[C@H](CO)[C@@H](O)[C@H](O)[C@H]5O)CC[C@]4(C)[C@H]3CC[C@]12C. The number of allylic oxidation sites excluding steroid dienone is 1. The van der Waals surface area contributed by atoms with Gasteiger partial charge in [0.25, 0.3) is 0 Å². The summed E-state index contributed by atoms with van der Waals surface area (Å²) >= 11 is 0. The summed E-state index contributed by atoms with van der Waals surface area (Å²) in [4.78, 5) is 0. The number of hydrogen-bond acceptors (Lipinski definition) is 6. The minimum absolute atomic E-state index is 0.0954. The molecule has 0 unspecified atom stereocenters. The van der Waals surface area contributed by atoms with Crippen LogP contribution in [0.5, 0.6) is 0 Å². The van der Waals surface area contributed by atoms with Crippen molar-refractivity contribution in [2.24, 2.45) is 40.4 Å². The van der Waals surface area contributed by atoms with Gasteiger partial charge in [-0.1, -0.05) is 52.2 Å². The Labute approximate surface area is 217 Å². The Morgan fingerprint density at radius 3 is 2.53 bits per heavy atom. The molecule has 0 aromatic carbocycles. The van der Waals surface area contributed by atoms with Gasteiger partial charge in [-0.25, -0.2) is 0 Å². The largest absolute Gasteiger partial charge is 0.394 e. The van der Waals surface area contributed by atoms with E-state index in [9.17, 15) is 20.4 Å². The lowest BCUT2D eigenvalue weighted by atomic mass is 9.47. The van der Waals surface area contributed by atoms with Crippen molar-refractivity contribution in [2.45, 2.75) is 129 Å². The summed E-state index contributed by atoms with van der Waals surface area (Å²) < 4.78 is 11.8. The van der Waals surface area contributed by atoms with Gasteiger partial charge in [-0.15, -0.1) is 0 Å². The third-order valence-corrected chi connectivity index (χ3v) is 11.7. The van der Waals surface area contributed by atoms with Crippen molar-refractivity contribution in [1.82, 2.24) is 0 Å². The molecule has 0 bridgehead atoms. The Hall–Kier alpha value is -0.500. The molecule has 6 nitrogen and oxygen atoms in total. The van der Waals surface area contributed by atoms with E-state index in [0.29, 0.717) is 5.41 Å². The molecule has 206 valence electrons. The van der Waals surface area contributed by atoms with Gasteiger partial charge in [-0.2, -0.15) is 0 Å². The lowest BCUT2D eigenvalue weighted by molar-refractivity contribution is -0.313. The molecule has 5 rings (SSSR count). The lowest BCUT2D eigenvalue weighted by Gasteiger charge is -2.58. The van der Waals surface area contributed by atoms with E-state index in [2.05, 4.69) is 33.8 Å². The van der Waals surface area contributed by atoms with Crippen molar-refractivity contribution in [3.8, 4) is 0 Å². The van der Waals surface area contributed by atoms with Crippen LogP contribution in [0.15, 0.2) is 11.6 Å². The number of aliphatic hydroxyl groups excluding tert-OH is 4. The Bertz CT molecular complexity index is 813. The molecular formula is C30H50O6. The van der Waals surface area contributed by atoms with Gasteiger partial charge in [-0.05, 0) is 91.8 Å². The van der Waals surface area contributed by atoms with Gasteiger partial charge in [0.1, 0.15) is 24.4 Å². The first-order chi connectivity index (χ1) is 17.1. The van der Waals surface area contributed by atoms with Gasteiger partial charge in [0.2, 0.25) is 0 Å². The first-order valence-corrected chi connectivity index (χ1v) is 14.8. The molecule has 1 aliphatic heterocycles. The Kier molecular flexibility index (Phi) is 7.70. The van der Waals surface area contributed by atoms with Crippen LogP contribution in [0.3, 0.4) is 0 Å². The van der Waals surface area contributed by atoms with Gasteiger partial charge in [-0.3, -0.25) is 0 Å². The second kappa shape index (κ2) is 10.2. The van der Waals surface area contributed by atoms with Crippen LogP contribution in [-0.4, -0.2) is 63.8 Å². The van der Waals surface area contributed by atoms with Crippen LogP contribution in [0.1, 0.15) is 91.9 Å². The average Bonchev–Trinajstić information content (AvgIpc) is 3.22. The molecule has 0 aromatic rings. The van der Waals surface area contributed by atoms with Gasteiger partial charge < -0.3 is 29.9 Å². The lowest BCUT2D eigenvalue weighted by Crippen LogP contribution is -2.60. The van der Waals surface area contributed by atoms with Crippen LogP contribution in [0.25, 0.3) is 0 Å². The van der Waals surface area contributed by atoms with Crippen molar-refractivity contribution >= 4 is 0 Å². The van der Waals surface area contributed by atoms with E-state index >= 15 is 0 Å². The molecule has 4 N–H and O–H groups in total. The van der Waals surface area contributed by atoms with E-state index in [1.165, 1.54) is 50.5 Å². The molecule has 0 spiro atoms. The predicted molar refractivity (Wildman–Crippen MR) is 138 cm³/mol. The normalized spacial score (nSPS) is 51.6. The topological polar surface area (TPSA) is 99.4 Å². The first kappa shape index (κ1) is 27.1. The van der Waals surface area contributed by atoms with Gasteiger partial charge in [0, 0.05) is 0 Å². The standard InChI is InChI=1S/C30H50O6/c1-5-6-17(2)21-9-10-22-20-8-7-18-15-19(11-13-29(18,3)23(20)12-14-30(21,22)4)35-28-27(34)26(33)25(32)24(16-31)36-28/h7,17,19-28,31-34H,5-6,8-16H2,1-4H3/t17-,19+,20+,21-,22+,23+,24-,25-,26+,27-,28+,29+,30-/m1/s1. The van der Waals surface area contributed by atoms with Crippen LogP contribution < -0.4 is 0 Å². The summed E-state index contributed by atoms with van der Waals surface area (Å²) in [5.41, 5.74) is 2.22. The van der Waals surface area contributed by atoms with Crippen LogP contribution in [0.4, 0.5) is 0 Å². The number of hydrogen-bond donors (Lipinski definition) is 4. The highest BCUT2D eigenvalue weighted by Crippen LogP contribution is 2.67. The molecule has 1 saturated heterocycles. The Morgan fingerprint density at radius 1 is 1.03 bits per heavy atom. The molecule has 0 amide bonds. The Morgan fingerprint density at radius 2 is 1.81 bits per heavy atom. The fourth-order valence-corrected chi connectivity index (χ4v) is 9.74. The van der Waals surface area contributed by atoms with Gasteiger partial charge in [0.05, 0.1) is 12.7 Å². The predicted octanol–water partition coefficient (Wildman–Crippen LogP) is 4.19. The summed E-state index contributed by atoms with van der Waals surface area (Å²) in [5.74, 6) is 4.09. The first-order valence-electron chi connectivity index (χ1n) is 14.8. The molecule has 1 heterocycles. The number of rotatable bonds is 6. The minimum Gasteiger partial charge on any atom is -0.394 e. The van der Waals surface area contributed by atoms with Crippen molar-refractivity contribution in [3.63, 3.8) is 0 Å². The van der Waals surface area contributed by atoms with Crippen molar-refractivity contribution in [1.29, 1.82) is 0 Å². The van der Waals surface area contributed by atoms with Crippen LogP contribution in [-0.2, 0) is 9.47 Å². The zero-order chi connectivity index (χ0) is 25.8. The molecule has 13 atom stereocenters. The summed E-state index contributed by atoms with van der Waals surface area (Å²) in [6.07, 6.45) is 8.52. The summed E-state index contributed by atoms with van der Waals surface area (Å²) in [7, 11) is 0. The van der Waals surface area contributed by atoms with E-state index in [1.54, 1.807) is 0 Å². The Balaban J connectivity index is 1.28. The van der Waals surface area contributed by atoms with E-state index in [0.717, 1.165) is 48.9 Å². The molecule has 36 heavy (non-hydrogen) atoms. The van der Waals surface area contributed by atoms with E-state index in [1.807, 2.05) is 0 Å². The molecule has 6 heteroatoms. The fourth-order valence-electron chi connectivity index (χ4n) is 9.74. The highest BCUT2D eigenvalue weighted by molar-refractivity contribution is 5.25. The monoisotopic (exact) mass is 506 g/mol. The highest BCUT2D eigenvalue weighted by Gasteiger charge is 2.59. The second-order valence-corrected chi connectivity index (χ2v) is 13.5. The summed E-state index contributed by atoms with van der Waals surface area (Å²) in [6, 6.07) is 0. The molecule has 4 aliphatic carbocycles. The molecule has 0 aromatic heterocycles. The van der Waals surface area contributed by atoms with Crippen molar-refractivity contribution < 1.29 is 29.9 Å². The third-order valence-electron chi connectivity index (χ3n) is 11.7. The summed E-state index contributed by atoms with van der Waals surface area (Å²) in [5, 5.41) is 40.2. The fraction of sp³-hybridized carbons (Fsp3) is 0.933. The molecule has 5 aliphatic rings. The van der Waals surface area contributed by atoms with Crippen LogP contribution >= 0.6 is 0 Å². The van der Waals surface area contributed by atoms with Gasteiger partial charge >= 0.3 is 0 Å². The second-order valence-electron chi connectivity index (χ2n) is 13.5. The number of ether oxygens (including phenoxy) is 2. The maximum absolute atomic E-state index is 10.4. The number of aliphatic hydroxyl groups is 4. The van der Waals surface area contributed by atoms with Crippen molar-refractivity contribution in [2.75, 3.05) is 6.61 Å². The zero-order valence-electron chi connectivity index (χ0n) is 22.8. The maximum atomic E-state index is 10.4. The zero-order valence-corrected chi connectivity index (χ0v) is 22.8. The third kappa shape index (κ3) is 4.32. The van der Waals surface area contributed by atoms with Crippen LogP contribution in [0, 0.1) is 40.4 Å². The van der Waals surface area contributed by atoms with Gasteiger partial charge in [0.15, 0.2) is 6.29 Å². The van der Waals surface area contributed by atoms with E-state index in [4.69, 9.17) is 9.47 Å². The quantitative estimate of drug-likeness (QED) is 0.403. The highest BCUT2D eigenvalue weighted by atomic mass is 16.7. The minimum atomic E-state index is -1.39. The maximum Gasteiger partial charge on any atom is 0.186 e. The number of fused-ring (bicyclic) bond motifs is 5. The molecular weight excluding hydrogens is 456 g/mol. The van der Waals surface area contributed by atoms with E-state index in [-0.39, 0.29) is 11.5 Å². The van der Waals surface area contributed by atoms with E-state index < -0.39 is 37.3 Å². The smallest absolute Gasteiger partial charge is 0.186 e. The molecule has 0 radical (unpaired) electrons. The molecule has 4 fully saturated rings. The summed E-state index contributed by atoms with van der Waals surface area (Å²) in [6.45, 7) is 9.53.